The predicted molar refractivity (Wildman–Crippen MR) is 69.0 cm³/mol. The number of hydrogen-bond donors (Lipinski definition) is 3. The first-order valence-corrected chi connectivity index (χ1v) is 5.37. The van der Waals surface area contributed by atoms with Crippen LogP contribution in [0.25, 0.3) is 0 Å². The minimum Gasteiger partial charge on any atom is -0.478 e. The van der Waals surface area contributed by atoms with Crippen molar-refractivity contribution in [3.63, 3.8) is 0 Å². The molecule has 0 spiro atoms. The molecule has 0 aliphatic heterocycles. The van der Waals surface area contributed by atoms with Gasteiger partial charge in [0.1, 0.15) is 0 Å². The molecule has 1 aromatic carbocycles. The third-order valence-corrected chi connectivity index (χ3v) is 2.57. The van der Waals surface area contributed by atoms with E-state index in [0.717, 1.165) is 17.1 Å². The van der Waals surface area contributed by atoms with Gasteiger partial charge in [-0.15, -0.1) is 0 Å². The Balaban J connectivity index is 2.28. The summed E-state index contributed by atoms with van der Waals surface area (Å²) in [6, 6.07) is 4.74. The van der Waals surface area contributed by atoms with Gasteiger partial charge < -0.3 is 16.2 Å². The van der Waals surface area contributed by atoms with Crippen molar-refractivity contribution in [3.05, 3.63) is 35.7 Å². The van der Waals surface area contributed by atoms with Gasteiger partial charge in [-0.1, -0.05) is 0 Å². The molecule has 0 bridgehead atoms. The number of anilines is 3. The second-order valence-electron chi connectivity index (χ2n) is 4.03. The number of nitrogens with two attached hydrogens (primary N) is 1. The van der Waals surface area contributed by atoms with Crippen LogP contribution in [0.15, 0.2) is 24.4 Å². The summed E-state index contributed by atoms with van der Waals surface area (Å²) in [6.45, 7) is 1.89. The lowest BCUT2D eigenvalue weighted by Crippen LogP contribution is -2.03. The number of aryl methyl sites for hydroxylation is 2. The van der Waals surface area contributed by atoms with Gasteiger partial charge in [0.2, 0.25) is 0 Å². The van der Waals surface area contributed by atoms with Crippen molar-refractivity contribution in [1.82, 2.24) is 9.78 Å². The molecule has 0 saturated heterocycles. The zero-order valence-electron chi connectivity index (χ0n) is 10.1. The van der Waals surface area contributed by atoms with Crippen LogP contribution in [0.1, 0.15) is 16.1 Å². The van der Waals surface area contributed by atoms with Crippen molar-refractivity contribution in [2.24, 2.45) is 7.05 Å². The molecule has 0 unspecified atom stereocenters. The van der Waals surface area contributed by atoms with Crippen LogP contribution in [0, 0.1) is 6.92 Å². The average molecular weight is 246 g/mol. The first-order chi connectivity index (χ1) is 8.47. The van der Waals surface area contributed by atoms with E-state index in [2.05, 4.69) is 10.4 Å². The average Bonchev–Trinajstić information content (AvgIpc) is 2.57. The summed E-state index contributed by atoms with van der Waals surface area (Å²) < 4.78 is 1.70. The number of aromatic carboxylic acids is 1. The van der Waals surface area contributed by atoms with Gasteiger partial charge in [0.05, 0.1) is 16.9 Å². The van der Waals surface area contributed by atoms with Crippen molar-refractivity contribution in [2.75, 3.05) is 11.1 Å². The summed E-state index contributed by atoms with van der Waals surface area (Å²) in [5, 5.41) is 16.2. The van der Waals surface area contributed by atoms with Gasteiger partial charge >= 0.3 is 5.97 Å². The molecule has 1 heterocycles. The van der Waals surface area contributed by atoms with Gasteiger partial charge in [0.25, 0.3) is 0 Å². The third kappa shape index (κ3) is 2.27. The summed E-state index contributed by atoms with van der Waals surface area (Å²) in [6.07, 6.45) is 1.84. The minimum absolute atomic E-state index is 0.100. The molecule has 94 valence electrons. The molecule has 0 atom stereocenters. The Hall–Kier alpha value is -2.50. The van der Waals surface area contributed by atoms with E-state index < -0.39 is 5.97 Å². The smallest absolute Gasteiger partial charge is 0.337 e. The number of aromatic nitrogens is 2. The summed E-state index contributed by atoms with van der Waals surface area (Å²) in [5.41, 5.74) is 8.46. The van der Waals surface area contributed by atoms with Crippen molar-refractivity contribution in [1.29, 1.82) is 0 Å². The van der Waals surface area contributed by atoms with Gasteiger partial charge in [-0.3, -0.25) is 4.68 Å². The van der Waals surface area contributed by atoms with Crippen LogP contribution >= 0.6 is 0 Å². The van der Waals surface area contributed by atoms with Crippen LogP contribution in [0.4, 0.5) is 17.1 Å². The number of nitrogen functional groups attached to an aromatic ring is 1. The topological polar surface area (TPSA) is 93.2 Å². The number of carboxylic acids is 1. The van der Waals surface area contributed by atoms with E-state index >= 15 is 0 Å². The predicted octanol–water partition coefficient (Wildman–Crippen LogP) is 1.75. The van der Waals surface area contributed by atoms with Crippen LogP contribution in [0.2, 0.25) is 0 Å². The molecule has 0 radical (unpaired) electrons. The van der Waals surface area contributed by atoms with Crippen molar-refractivity contribution < 1.29 is 9.90 Å². The highest BCUT2D eigenvalue weighted by molar-refractivity contribution is 5.94. The Morgan fingerprint density at radius 2 is 2.22 bits per heavy atom. The molecule has 6 heteroatoms. The van der Waals surface area contributed by atoms with Crippen LogP contribution < -0.4 is 11.1 Å². The standard InChI is InChI=1S/C12H14N4O2/c1-7-11(6-16(2)15-7)14-8-3-4-9(12(17)18)10(13)5-8/h3-6,14H,13H2,1-2H3,(H,17,18). The van der Waals surface area contributed by atoms with E-state index in [0.29, 0.717) is 0 Å². The second kappa shape index (κ2) is 4.40. The Morgan fingerprint density at radius 3 is 2.72 bits per heavy atom. The molecule has 2 rings (SSSR count). The van der Waals surface area contributed by atoms with Crippen LogP contribution in [0.3, 0.4) is 0 Å². The van der Waals surface area contributed by atoms with Gasteiger partial charge in [0.15, 0.2) is 0 Å². The lowest BCUT2D eigenvalue weighted by Gasteiger charge is -2.07. The van der Waals surface area contributed by atoms with Crippen molar-refractivity contribution in [2.45, 2.75) is 6.92 Å². The highest BCUT2D eigenvalue weighted by Crippen LogP contribution is 2.23. The summed E-state index contributed by atoms with van der Waals surface area (Å²) >= 11 is 0. The number of benzene rings is 1. The molecule has 0 aliphatic rings. The molecule has 0 fully saturated rings. The molecule has 0 aliphatic carbocycles. The fourth-order valence-corrected chi connectivity index (χ4v) is 1.71. The van der Waals surface area contributed by atoms with E-state index in [-0.39, 0.29) is 11.3 Å². The van der Waals surface area contributed by atoms with Crippen LogP contribution in [-0.2, 0) is 7.05 Å². The minimum atomic E-state index is -1.03. The third-order valence-electron chi connectivity index (χ3n) is 2.57. The van der Waals surface area contributed by atoms with Crippen LogP contribution in [0.5, 0.6) is 0 Å². The molecule has 1 aromatic heterocycles. The lowest BCUT2D eigenvalue weighted by atomic mass is 10.1. The van der Waals surface area contributed by atoms with E-state index in [1.165, 1.54) is 6.07 Å². The van der Waals surface area contributed by atoms with E-state index in [4.69, 9.17) is 10.8 Å². The second-order valence-corrected chi connectivity index (χ2v) is 4.03. The van der Waals surface area contributed by atoms with E-state index in [1.54, 1.807) is 16.8 Å². The Labute approximate surface area is 104 Å². The number of rotatable bonds is 3. The highest BCUT2D eigenvalue weighted by atomic mass is 16.4. The van der Waals surface area contributed by atoms with Crippen molar-refractivity contribution in [3.8, 4) is 0 Å². The highest BCUT2D eigenvalue weighted by Gasteiger charge is 2.09. The molecule has 0 saturated carbocycles. The summed E-state index contributed by atoms with van der Waals surface area (Å²) in [4.78, 5) is 10.8. The van der Waals surface area contributed by atoms with E-state index in [1.807, 2.05) is 20.2 Å². The molecule has 4 N–H and O–H groups in total. The Morgan fingerprint density at radius 1 is 1.50 bits per heavy atom. The van der Waals surface area contributed by atoms with Gasteiger partial charge in [-0.05, 0) is 25.1 Å². The van der Waals surface area contributed by atoms with Gasteiger partial charge in [-0.2, -0.15) is 5.10 Å². The van der Waals surface area contributed by atoms with Gasteiger partial charge in [-0.25, -0.2) is 4.79 Å². The molecular formula is C12H14N4O2. The Bertz CT molecular complexity index is 604. The zero-order valence-corrected chi connectivity index (χ0v) is 10.1. The molecule has 0 amide bonds. The number of nitrogens with one attached hydrogen (secondary N) is 1. The summed E-state index contributed by atoms with van der Waals surface area (Å²) in [5.74, 6) is -1.03. The maximum atomic E-state index is 10.8. The number of hydrogen-bond acceptors (Lipinski definition) is 4. The number of carboxylic acid groups (broad SMARTS) is 1. The fourth-order valence-electron chi connectivity index (χ4n) is 1.71. The van der Waals surface area contributed by atoms with Crippen molar-refractivity contribution >= 4 is 23.0 Å². The SMILES string of the molecule is Cc1nn(C)cc1Nc1ccc(C(=O)O)c(N)c1. The molecular weight excluding hydrogens is 232 g/mol. The maximum Gasteiger partial charge on any atom is 0.337 e. The van der Waals surface area contributed by atoms with Crippen LogP contribution in [-0.4, -0.2) is 20.9 Å². The van der Waals surface area contributed by atoms with Gasteiger partial charge in [0, 0.05) is 24.6 Å². The monoisotopic (exact) mass is 246 g/mol. The molecule has 6 nitrogen and oxygen atoms in total. The molecule has 18 heavy (non-hydrogen) atoms. The lowest BCUT2D eigenvalue weighted by molar-refractivity contribution is 0.0698. The van der Waals surface area contributed by atoms with E-state index in [9.17, 15) is 4.79 Å². The first-order valence-electron chi connectivity index (χ1n) is 5.37. The number of carbonyl (C=O) groups is 1. The Kier molecular flexibility index (Phi) is 2.93. The summed E-state index contributed by atoms with van der Waals surface area (Å²) in [7, 11) is 1.83. The first kappa shape index (κ1) is 12.0. The quantitative estimate of drug-likeness (QED) is 0.717. The largest absolute Gasteiger partial charge is 0.478 e. The maximum absolute atomic E-state index is 10.8. The number of nitrogens with zero attached hydrogens (tertiary/aromatic N) is 2. The zero-order chi connectivity index (χ0) is 13.3. The fraction of sp³-hybridized carbons (Fsp3) is 0.167. The normalized spacial score (nSPS) is 10.3. The molecule has 2 aromatic rings.